The van der Waals surface area contributed by atoms with Gasteiger partial charge in [-0.2, -0.15) is 9.40 Å². The topological polar surface area (TPSA) is 75.5 Å². The molecular formula is C23H36N4O3S. The van der Waals surface area contributed by atoms with Crippen molar-refractivity contribution in [3.8, 4) is 0 Å². The highest BCUT2D eigenvalue weighted by molar-refractivity contribution is 7.89. The number of carbonyl (C=O) groups is 1. The Kier molecular flexibility index (Phi) is 5.24. The summed E-state index contributed by atoms with van der Waals surface area (Å²) in [6.45, 7) is 5.51. The molecule has 4 saturated carbocycles. The van der Waals surface area contributed by atoms with Crippen molar-refractivity contribution in [2.45, 2.75) is 70.1 Å². The van der Waals surface area contributed by atoms with Gasteiger partial charge in [0, 0.05) is 39.6 Å². The minimum atomic E-state index is -3.61. The second-order valence-electron chi connectivity index (χ2n) is 10.9. The molecule has 6 rings (SSSR count). The lowest BCUT2D eigenvalue weighted by molar-refractivity contribution is -0.139. The lowest BCUT2D eigenvalue weighted by Gasteiger charge is -2.57. The first kappa shape index (κ1) is 21.4. The summed E-state index contributed by atoms with van der Waals surface area (Å²) in [4.78, 5) is 15.6. The van der Waals surface area contributed by atoms with Gasteiger partial charge in [0.1, 0.15) is 4.90 Å². The van der Waals surface area contributed by atoms with E-state index in [1.807, 2.05) is 4.90 Å². The molecule has 2 heterocycles. The fraction of sp³-hybridized carbons (Fsp3) is 0.826. The number of aromatic nitrogens is 2. The molecule has 0 aromatic carbocycles. The molecular weight excluding hydrogens is 412 g/mol. The van der Waals surface area contributed by atoms with Crippen molar-refractivity contribution in [1.82, 2.24) is 19.0 Å². The number of aryl methyl sites for hydroxylation is 2. The van der Waals surface area contributed by atoms with Gasteiger partial charge < -0.3 is 4.90 Å². The van der Waals surface area contributed by atoms with E-state index in [2.05, 4.69) is 5.10 Å². The molecule has 0 radical (unpaired) electrons. The van der Waals surface area contributed by atoms with Crippen LogP contribution >= 0.6 is 0 Å². The molecule has 1 saturated heterocycles. The maximum absolute atomic E-state index is 13.3. The van der Waals surface area contributed by atoms with Crippen LogP contribution in [-0.2, 0) is 21.9 Å². The lowest BCUT2D eigenvalue weighted by atomic mass is 9.49. The molecule has 4 bridgehead atoms. The normalized spacial score (nSPS) is 33.6. The highest BCUT2D eigenvalue weighted by atomic mass is 32.2. The summed E-state index contributed by atoms with van der Waals surface area (Å²) < 4.78 is 29.9. The quantitative estimate of drug-likeness (QED) is 0.710. The number of nitrogens with zero attached hydrogens (tertiary/aromatic N) is 4. The van der Waals surface area contributed by atoms with Crippen LogP contribution < -0.4 is 0 Å². The third-order valence-electron chi connectivity index (χ3n) is 8.54. The van der Waals surface area contributed by atoms with Crippen molar-refractivity contribution in [3.05, 3.63) is 11.4 Å². The van der Waals surface area contributed by atoms with Gasteiger partial charge in [-0.25, -0.2) is 8.42 Å². The third-order valence-corrected chi connectivity index (χ3v) is 10.7. The summed E-state index contributed by atoms with van der Waals surface area (Å²) in [6, 6.07) is 0. The van der Waals surface area contributed by atoms with E-state index in [1.165, 1.54) is 38.5 Å². The number of rotatable bonds is 4. The van der Waals surface area contributed by atoms with Crippen LogP contribution in [0.4, 0.5) is 0 Å². The van der Waals surface area contributed by atoms with Gasteiger partial charge in [-0.3, -0.25) is 9.48 Å². The van der Waals surface area contributed by atoms with E-state index in [0.29, 0.717) is 55.3 Å². The molecule has 1 aliphatic heterocycles. The monoisotopic (exact) mass is 448 g/mol. The molecule has 31 heavy (non-hydrogen) atoms. The van der Waals surface area contributed by atoms with Gasteiger partial charge in [0.25, 0.3) is 0 Å². The Labute approximate surface area is 186 Å². The first-order valence-electron chi connectivity index (χ1n) is 11.9. The van der Waals surface area contributed by atoms with Crippen molar-refractivity contribution in [3.63, 3.8) is 0 Å². The number of sulfonamides is 1. The van der Waals surface area contributed by atoms with Crippen LogP contribution in [0.25, 0.3) is 0 Å². The summed E-state index contributed by atoms with van der Waals surface area (Å²) >= 11 is 0. The number of hydrogen-bond acceptors (Lipinski definition) is 4. The Morgan fingerprint density at radius 2 is 1.61 bits per heavy atom. The van der Waals surface area contributed by atoms with Crippen LogP contribution in [0.15, 0.2) is 4.90 Å². The molecule has 1 aromatic rings. The predicted octanol–water partition coefficient (Wildman–Crippen LogP) is 2.87. The number of carbonyl (C=O) groups excluding carboxylic acids is 1. The van der Waals surface area contributed by atoms with Gasteiger partial charge in [-0.15, -0.1) is 0 Å². The molecule has 5 fully saturated rings. The van der Waals surface area contributed by atoms with Crippen molar-refractivity contribution >= 4 is 15.9 Å². The Bertz CT molecular complexity index is 948. The molecule has 172 valence electrons. The van der Waals surface area contributed by atoms with Crippen molar-refractivity contribution in [2.75, 3.05) is 26.2 Å². The van der Waals surface area contributed by atoms with Crippen LogP contribution in [0, 0.1) is 37.0 Å². The number of hydrogen-bond donors (Lipinski definition) is 0. The second kappa shape index (κ2) is 7.58. The van der Waals surface area contributed by atoms with Crippen LogP contribution in [0.1, 0.15) is 62.8 Å². The Morgan fingerprint density at radius 1 is 1.00 bits per heavy atom. The lowest BCUT2D eigenvalue weighted by Crippen LogP contribution is -2.48. The van der Waals surface area contributed by atoms with E-state index in [1.54, 1.807) is 29.9 Å². The standard InChI is InChI=1S/C23H36N4O3S/c1-16-22(17(2)25(3)24-16)31(29,30)27-6-4-5-26(7-8-27)21(28)15-23-12-18-9-19(13-23)11-20(10-18)14-23/h18-20H,4-15H2,1-3H3. The minimum Gasteiger partial charge on any atom is -0.341 e. The zero-order valence-corrected chi connectivity index (χ0v) is 20.0. The molecule has 1 amide bonds. The zero-order valence-electron chi connectivity index (χ0n) is 19.1. The SMILES string of the molecule is Cc1nn(C)c(C)c1S(=O)(=O)N1CCCN(C(=O)CC23CC4CC(CC(C4)C2)C3)CC1. The van der Waals surface area contributed by atoms with Crippen LogP contribution in [-0.4, -0.2) is 59.5 Å². The van der Waals surface area contributed by atoms with Gasteiger partial charge >= 0.3 is 0 Å². The molecule has 1 aromatic heterocycles. The van der Waals surface area contributed by atoms with Crippen LogP contribution in [0.2, 0.25) is 0 Å². The maximum atomic E-state index is 13.3. The molecule has 4 aliphatic carbocycles. The molecule has 0 unspecified atom stereocenters. The Hall–Kier alpha value is -1.41. The Morgan fingerprint density at radius 3 is 2.16 bits per heavy atom. The largest absolute Gasteiger partial charge is 0.341 e. The first-order chi connectivity index (χ1) is 14.7. The smallest absolute Gasteiger partial charge is 0.246 e. The van der Waals surface area contributed by atoms with E-state index in [9.17, 15) is 13.2 Å². The maximum Gasteiger partial charge on any atom is 0.246 e. The van der Waals surface area contributed by atoms with E-state index >= 15 is 0 Å². The van der Waals surface area contributed by atoms with Gasteiger partial charge in [0.05, 0.1) is 11.4 Å². The second-order valence-corrected chi connectivity index (χ2v) is 12.7. The molecule has 8 heteroatoms. The van der Waals surface area contributed by atoms with Crippen LogP contribution in [0.5, 0.6) is 0 Å². The summed E-state index contributed by atoms with van der Waals surface area (Å²) in [6.07, 6.45) is 9.22. The Balaban J connectivity index is 1.26. The molecule has 0 atom stereocenters. The molecule has 7 nitrogen and oxygen atoms in total. The average Bonchev–Trinajstić information content (AvgIpc) is 2.85. The fourth-order valence-corrected chi connectivity index (χ4v) is 9.45. The van der Waals surface area contributed by atoms with Crippen molar-refractivity contribution < 1.29 is 13.2 Å². The van der Waals surface area contributed by atoms with E-state index in [0.717, 1.165) is 17.8 Å². The van der Waals surface area contributed by atoms with Crippen molar-refractivity contribution in [2.24, 2.45) is 30.2 Å². The molecule has 0 spiro atoms. The van der Waals surface area contributed by atoms with Gasteiger partial charge in [-0.1, -0.05) is 0 Å². The highest BCUT2D eigenvalue weighted by Crippen LogP contribution is 2.61. The van der Waals surface area contributed by atoms with E-state index < -0.39 is 10.0 Å². The van der Waals surface area contributed by atoms with Crippen molar-refractivity contribution in [1.29, 1.82) is 0 Å². The fourth-order valence-electron chi connectivity index (χ4n) is 7.58. The molecule has 0 N–H and O–H groups in total. The third kappa shape index (κ3) is 3.73. The summed E-state index contributed by atoms with van der Waals surface area (Å²) in [5.41, 5.74) is 1.43. The predicted molar refractivity (Wildman–Crippen MR) is 118 cm³/mol. The van der Waals surface area contributed by atoms with E-state index in [-0.39, 0.29) is 11.3 Å². The summed E-state index contributed by atoms with van der Waals surface area (Å²) in [5.74, 6) is 2.77. The highest BCUT2D eigenvalue weighted by Gasteiger charge is 2.51. The number of amides is 1. The summed E-state index contributed by atoms with van der Waals surface area (Å²) in [5, 5.41) is 4.29. The summed E-state index contributed by atoms with van der Waals surface area (Å²) in [7, 11) is -1.83. The van der Waals surface area contributed by atoms with Gasteiger partial charge in [-0.05, 0) is 82.0 Å². The average molecular weight is 449 g/mol. The van der Waals surface area contributed by atoms with E-state index in [4.69, 9.17) is 0 Å². The van der Waals surface area contributed by atoms with Crippen LogP contribution in [0.3, 0.4) is 0 Å². The minimum absolute atomic E-state index is 0.230. The zero-order chi connectivity index (χ0) is 22.0. The van der Waals surface area contributed by atoms with Gasteiger partial charge in [0.2, 0.25) is 15.9 Å². The first-order valence-corrected chi connectivity index (χ1v) is 13.4. The molecule has 5 aliphatic rings. The van der Waals surface area contributed by atoms with Gasteiger partial charge in [0.15, 0.2) is 0 Å².